The lowest BCUT2D eigenvalue weighted by Gasteiger charge is -2.06. The maximum atomic E-state index is 11.7. The van der Waals surface area contributed by atoms with E-state index in [1.54, 1.807) is 24.6 Å². The topological polar surface area (TPSA) is 85.4 Å². The molecule has 1 aromatic heterocycles. The molecule has 0 unspecified atom stereocenters. The van der Waals surface area contributed by atoms with Gasteiger partial charge in [-0.3, -0.25) is 0 Å². The lowest BCUT2D eigenvalue weighted by atomic mass is 10.3. The van der Waals surface area contributed by atoms with Crippen molar-refractivity contribution in [3.8, 4) is 0 Å². The van der Waals surface area contributed by atoms with Crippen LogP contribution in [0.25, 0.3) is 0 Å². The van der Waals surface area contributed by atoms with E-state index >= 15 is 0 Å². The number of nitrogens with zero attached hydrogens (tertiary/aromatic N) is 1. The summed E-state index contributed by atoms with van der Waals surface area (Å²) in [6, 6.07) is 6.27. The Hall–Kier alpha value is -1.93. The summed E-state index contributed by atoms with van der Waals surface area (Å²) in [5, 5.41) is 3.59. The van der Waals surface area contributed by atoms with Crippen LogP contribution in [0.15, 0.2) is 34.7 Å². The summed E-state index contributed by atoms with van der Waals surface area (Å²) in [4.78, 5) is 15.9. The zero-order valence-corrected chi connectivity index (χ0v) is 13.1. The first-order chi connectivity index (χ1) is 9.91. The van der Waals surface area contributed by atoms with Crippen molar-refractivity contribution >= 4 is 37.8 Å². The van der Waals surface area contributed by atoms with Gasteiger partial charge in [0.1, 0.15) is 5.00 Å². The van der Waals surface area contributed by atoms with Crippen molar-refractivity contribution in [2.45, 2.75) is 11.8 Å². The van der Waals surface area contributed by atoms with E-state index in [-0.39, 0.29) is 17.2 Å². The van der Waals surface area contributed by atoms with E-state index in [1.807, 2.05) is 0 Å². The molecule has 0 aliphatic rings. The van der Waals surface area contributed by atoms with E-state index < -0.39 is 15.8 Å². The van der Waals surface area contributed by atoms with E-state index in [9.17, 15) is 13.2 Å². The van der Waals surface area contributed by atoms with Crippen LogP contribution in [0.3, 0.4) is 0 Å². The van der Waals surface area contributed by atoms with Crippen molar-refractivity contribution in [1.29, 1.82) is 0 Å². The summed E-state index contributed by atoms with van der Waals surface area (Å²) in [6.07, 6.45) is 1.15. The highest BCUT2D eigenvalue weighted by atomic mass is 32.2. The van der Waals surface area contributed by atoms with Crippen molar-refractivity contribution in [1.82, 2.24) is 4.98 Å². The van der Waals surface area contributed by atoms with Crippen molar-refractivity contribution in [3.63, 3.8) is 0 Å². The molecule has 8 heteroatoms. The van der Waals surface area contributed by atoms with Crippen molar-refractivity contribution in [3.05, 3.63) is 35.5 Å². The molecule has 0 radical (unpaired) electrons. The van der Waals surface area contributed by atoms with Crippen molar-refractivity contribution < 1.29 is 17.9 Å². The minimum atomic E-state index is -3.22. The Kier molecular flexibility index (Phi) is 4.59. The third kappa shape index (κ3) is 3.79. The second-order valence-electron chi connectivity index (χ2n) is 4.17. The summed E-state index contributed by atoms with van der Waals surface area (Å²) in [7, 11) is -3.22. The van der Waals surface area contributed by atoms with Crippen LogP contribution in [0.5, 0.6) is 0 Å². The number of hydrogen-bond donors (Lipinski definition) is 1. The molecule has 0 aliphatic carbocycles. The maximum Gasteiger partial charge on any atom is 0.360 e. The number of carbonyl (C=O) groups excluding carboxylic acids is 1. The number of hydrogen-bond acceptors (Lipinski definition) is 7. The monoisotopic (exact) mass is 326 g/mol. The summed E-state index contributed by atoms with van der Waals surface area (Å²) < 4.78 is 27.7. The van der Waals surface area contributed by atoms with Gasteiger partial charge in [-0.25, -0.2) is 18.2 Å². The van der Waals surface area contributed by atoms with Crippen LogP contribution in [-0.2, 0) is 14.6 Å². The van der Waals surface area contributed by atoms with E-state index in [2.05, 4.69) is 10.3 Å². The third-order valence-corrected chi connectivity index (χ3v) is 4.45. The minimum absolute atomic E-state index is 0.217. The molecule has 0 atom stereocenters. The summed E-state index contributed by atoms with van der Waals surface area (Å²) in [6.45, 7) is 2.00. The van der Waals surface area contributed by atoms with Gasteiger partial charge in [-0.05, 0) is 31.2 Å². The van der Waals surface area contributed by atoms with Crippen LogP contribution in [0, 0.1) is 0 Å². The number of thiazole rings is 1. The Bertz CT molecular complexity index is 736. The Balaban J connectivity index is 2.20. The maximum absolute atomic E-state index is 11.7. The molecule has 0 amide bonds. The number of rotatable bonds is 5. The van der Waals surface area contributed by atoms with Crippen LogP contribution in [0.2, 0.25) is 0 Å². The number of esters is 1. The van der Waals surface area contributed by atoms with Crippen LogP contribution >= 0.6 is 11.3 Å². The molecular formula is C13H14N2O4S2. The second-order valence-corrected chi connectivity index (χ2v) is 7.04. The third-order valence-electron chi connectivity index (χ3n) is 2.58. The lowest BCUT2D eigenvalue weighted by Crippen LogP contribution is -2.07. The molecule has 6 nitrogen and oxygen atoms in total. The normalized spacial score (nSPS) is 11.1. The molecule has 0 saturated heterocycles. The van der Waals surface area contributed by atoms with Gasteiger partial charge in [0.15, 0.2) is 15.5 Å². The second kappa shape index (κ2) is 6.23. The highest BCUT2D eigenvalue weighted by molar-refractivity contribution is 7.90. The first-order valence-corrected chi connectivity index (χ1v) is 8.86. The number of benzene rings is 1. The Morgan fingerprint density at radius 2 is 2.00 bits per heavy atom. The molecule has 2 rings (SSSR count). The van der Waals surface area contributed by atoms with Crippen molar-refractivity contribution in [2.24, 2.45) is 0 Å². The Labute approximate surface area is 126 Å². The van der Waals surface area contributed by atoms with Crippen LogP contribution in [0.1, 0.15) is 17.4 Å². The fourth-order valence-electron chi connectivity index (χ4n) is 1.60. The predicted octanol–water partition coefficient (Wildman–Crippen LogP) is 2.47. The van der Waals surface area contributed by atoms with Gasteiger partial charge < -0.3 is 10.1 Å². The minimum Gasteiger partial charge on any atom is -0.461 e. The van der Waals surface area contributed by atoms with E-state index in [0.717, 1.165) is 6.26 Å². The fraction of sp³-hybridized carbons (Fsp3) is 0.231. The van der Waals surface area contributed by atoms with E-state index in [1.165, 1.54) is 23.5 Å². The number of ether oxygens (including phenoxy) is 1. The molecular weight excluding hydrogens is 312 g/mol. The van der Waals surface area contributed by atoms with Gasteiger partial charge in [0.25, 0.3) is 0 Å². The molecule has 1 heterocycles. The fourth-order valence-corrected chi connectivity index (χ4v) is 2.91. The Morgan fingerprint density at radius 3 is 2.57 bits per heavy atom. The SMILES string of the molecule is CCOC(=O)c1ncsc1Nc1ccc(S(C)(=O)=O)cc1. The molecule has 2 aromatic rings. The predicted molar refractivity (Wildman–Crippen MR) is 80.9 cm³/mol. The number of aromatic nitrogens is 1. The molecule has 0 saturated carbocycles. The van der Waals surface area contributed by atoms with Crippen LogP contribution in [0.4, 0.5) is 10.7 Å². The van der Waals surface area contributed by atoms with Crippen LogP contribution < -0.4 is 5.32 Å². The largest absolute Gasteiger partial charge is 0.461 e. The summed E-state index contributed by atoms with van der Waals surface area (Å²) in [5.74, 6) is -0.492. The van der Waals surface area contributed by atoms with Gasteiger partial charge in [-0.2, -0.15) is 0 Å². The van der Waals surface area contributed by atoms with Crippen LogP contribution in [-0.4, -0.2) is 32.2 Å². The van der Waals surface area contributed by atoms with Gasteiger partial charge >= 0.3 is 5.97 Å². The number of anilines is 2. The smallest absolute Gasteiger partial charge is 0.360 e. The quantitative estimate of drug-likeness (QED) is 0.850. The van der Waals surface area contributed by atoms with E-state index in [4.69, 9.17) is 4.74 Å². The molecule has 112 valence electrons. The lowest BCUT2D eigenvalue weighted by molar-refractivity contribution is 0.0521. The molecule has 0 aliphatic heterocycles. The van der Waals surface area contributed by atoms with Gasteiger partial charge in [0.05, 0.1) is 17.0 Å². The standard InChI is InChI=1S/C13H14N2O4S2/c1-3-19-13(16)11-12(20-8-14-11)15-9-4-6-10(7-5-9)21(2,17)18/h4-8,15H,3H2,1-2H3. The molecule has 0 fully saturated rings. The van der Waals surface area contributed by atoms with Gasteiger partial charge in [-0.1, -0.05) is 0 Å². The first kappa shape index (κ1) is 15.5. The van der Waals surface area contributed by atoms with Gasteiger partial charge in [-0.15, -0.1) is 11.3 Å². The highest BCUT2D eigenvalue weighted by Crippen LogP contribution is 2.26. The zero-order valence-electron chi connectivity index (χ0n) is 11.5. The number of sulfone groups is 1. The summed E-state index contributed by atoms with van der Waals surface area (Å²) in [5.41, 5.74) is 2.42. The zero-order chi connectivity index (χ0) is 15.5. The Morgan fingerprint density at radius 1 is 1.33 bits per heavy atom. The highest BCUT2D eigenvalue weighted by Gasteiger charge is 2.16. The van der Waals surface area contributed by atoms with Gasteiger partial charge in [0.2, 0.25) is 0 Å². The summed E-state index contributed by atoms with van der Waals surface area (Å²) >= 11 is 1.27. The number of nitrogens with one attached hydrogen (secondary N) is 1. The van der Waals surface area contributed by atoms with Gasteiger partial charge in [0, 0.05) is 11.9 Å². The molecule has 1 aromatic carbocycles. The van der Waals surface area contributed by atoms with Crippen molar-refractivity contribution in [2.75, 3.05) is 18.2 Å². The molecule has 21 heavy (non-hydrogen) atoms. The molecule has 1 N–H and O–H groups in total. The molecule has 0 spiro atoms. The average Bonchev–Trinajstić information content (AvgIpc) is 2.87. The number of carbonyl (C=O) groups is 1. The average molecular weight is 326 g/mol. The first-order valence-electron chi connectivity index (χ1n) is 6.09. The van der Waals surface area contributed by atoms with E-state index in [0.29, 0.717) is 10.7 Å². The molecule has 0 bridgehead atoms.